The maximum atomic E-state index is 11.6. The summed E-state index contributed by atoms with van der Waals surface area (Å²) in [5, 5.41) is 0. The summed E-state index contributed by atoms with van der Waals surface area (Å²) in [6.45, 7) is 2.32. The summed E-state index contributed by atoms with van der Waals surface area (Å²) >= 11 is 0. The second-order valence-corrected chi connectivity index (χ2v) is 4.69. The van der Waals surface area contributed by atoms with Crippen molar-refractivity contribution in [3.05, 3.63) is 29.8 Å². The van der Waals surface area contributed by atoms with E-state index in [1.54, 1.807) is 31.2 Å². The first-order valence-corrected chi connectivity index (χ1v) is 5.81. The highest BCUT2D eigenvalue weighted by Crippen LogP contribution is 2.13. The normalized spacial score (nSPS) is 11.6. The minimum atomic E-state index is -3.38. The highest BCUT2D eigenvalue weighted by Gasteiger charge is 2.14. The molecule has 0 spiro atoms. The summed E-state index contributed by atoms with van der Waals surface area (Å²) in [4.78, 5) is 0.313. The Bertz CT molecular complexity index is 401. The molecule has 1 aromatic rings. The maximum absolute atomic E-state index is 11.6. The van der Waals surface area contributed by atoms with Gasteiger partial charge in [-0.25, -0.2) is 13.1 Å². The molecule has 0 saturated carbocycles. The Morgan fingerprint density at radius 2 is 2.00 bits per heavy atom. The minimum Gasteiger partial charge on any atom is -0.329 e. The molecular formula is C9H14N2O2S. The Kier molecular flexibility index (Phi) is 3.62. The van der Waals surface area contributed by atoms with Crippen molar-refractivity contribution in [1.29, 1.82) is 0 Å². The van der Waals surface area contributed by atoms with Gasteiger partial charge in [0.25, 0.3) is 0 Å². The SMILES string of the molecule is Cc1ccccc1S(=O)(=O)NCCN. The van der Waals surface area contributed by atoms with E-state index in [0.29, 0.717) is 11.4 Å². The van der Waals surface area contributed by atoms with Crippen molar-refractivity contribution in [3.63, 3.8) is 0 Å². The van der Waals surface area contributed by atoms with E-state index >= 15 is 0 Å². The van der Waals surface area contributed by atoms with E-state index in [1.807, 2.05) is 0 Å². The number of nitrogens with two attached hydrogens (primary N) is 1. The van der Waals surface area contributed by atoms with Crippen LogP contribution in [0.5, 0.6) is 0 Å². The minimum absolute atomic E-state index is 0.261. The zero-order valence-electron chi connectivity index (χ0n) is 8.03. The predicted molar refractivity (Wildman–Crippen MR) is 55.4 cm³/mol. The molecule has 14 heavy (non-hydrogen) atoms. The molecule has 4 nitrogen and oxygen atoms in total. The van der Waals surface area contributed by atoms with Crippen LogP contribution in [0.4, 0.5) is 0 Å². The first-order chi connectivity index (χ1) is 6.58. The summed E-state index contributed by atoms with van der Waals surface area (Å²) < 4.78 is 25.7. The molecule has 0 aromatic heterocycles. The second kappa shape index (κ2) is 4.54. The molecule has 1 aromatic carbocycles. The van der Waals surface area contributed by atoms with Crippen molar-refractivity contribution >= 4 is 10.0 Å². The molecule has 0 aliphatic rings. The van der Waals surface area contributed by atoms with Gasteiger partial charge in [0.15, 0.2) is 0 Å². The van der Waals surface area contributed by atoms with Crippen LogP contribution in [0.25, 0.3) is 0 Å². The van der Waals surface area contributed by atoms with E-state index in [-0.39, 0.29) is 6.54 Å². The standard InChI is InChI=1S/C9H14N2O2S/c1-8-4-2-3-5-9(8)14(12,13)11-7-6-10/h2-5,11H,6-7,10H2,1H3. The van der Waals surface area contributed by atoms with Crippen LogP contribution in [0.2, 0.25) is 0 Å². The molecule has 78 valence electrons. The van der Waals surface area contributed by atoms with Gasteiger partial charge in [0.05, 0.1) is 4.90 Å². The van der Waals surface area contributed by atoms with Crippen molar-refractivity contribution < 1.29 is 8.42 Å². The summed E-state index contributed by atoms with van der Waals surface area (Å²) in [5.41, 5.74) is 5.96. The Labute approximate surface area is 84.2 Å². The Morgan fingerprint density at radius 1 is 1.36 bits per heavy atom. The molecule has 0 heterocycles. The number of aryl methyl sites for hydroxylation is 1. The Balaban J connectivity index is 2.99. The number of rotatable bonds is 4. The van der Waals surface area contributed by atoms with Crippen LogP contribution in [-0.2, 0) is 10.0 Å². The van der Waals surface area contributed by atoms with Crippen LogP contribution in [0.15, 0.2) is 29.2 Å². The summed E-state index contributed by atoms with van der Waals surface area (Å²) in [6, 6.07) is 6.84. The van der Waals surface area contributed by atoms with Crippen LogP contribution in [-0.4, -0.2) is 21.5 Å². The van der Waals surface area contributed by atoms with E-state index in [9.17, 15) is 8.42 Å². The number of sulfonamides is 1. The molecule has 1 rings (SSSR count). The Hall–Kier alpha value is -0.910. The van der Waals surface area contributed by atoms with Gasteiger partial charge in [-0.2, -0.15) is 0 Å². The fraction of sp³-hybridized carbons (Fsp3) is 0.333. The van der Waals surface area contributed by atoms with Crippen molar-refractivity contribution in [2.45, 2.75) is 11.8 Å². The lowest BCUT2D eigenvalue weighted by Crippen LogP contribution is -2.29. The fourth-order valence-electron chi connectivity index (χ4n) is 1.13. The van der Waals surface area contributed by atoms with Crippen molar-refractivity contribution in [2.75, 3.05) is 13.1 Å². The van der Waals surface area contributed by atoms with Gasteiger partial charge in [0.2, 0.25) is 10.0 Å². The molecule has 0 aliphatic carbocycles. The van der Waals surface area contributed by atoms with Crippen molar-refractivity contribution in [3.8, 4) is 0 Å². The van der Waals surface area contributed by atoms with Gasteiger partial charge in [0, 0.05) is 13.1 Å². The fourth-order valence-corrected chi connectivity index (χ4v) is 2.42. The number of benzene rings is 1. The van der Waals surface area contributed by atoms with E-state index < -0.39 is 10.0 Å². The third-order valence-corrected chi connectivity index (χ3v) is 3.44. The molecule has 0 radical (unpaired) electrons. The van der Waals surface area contributed by atoms with Gasteiger partial charge in [-0.05, 0) is 18.6 Å². The first-order valence-electron chi connectivity index (χ1n) is 4.33. The number of nitrogens with one attached hydrogen (secondary N) is 1. The van der Waals surface area contributed by atoms with Crippen LogP contribution in [0.3, 0.4) is 0 Å². The summed E-state index contributed by atoms with van der Waals surface area (Å²) in [6.07, 6.45) is 0. The van der Waals surface area contributed by atoms with Crippen LogP contribution < -0.4 is 10.5 Å². The number of hydrogen-bond acceptors (Lipinski definition) is 3. The predicted octanol–water partition coefficient (Wildman–Crippen LogP) is 0.232. The second-order valence-electron chi connectivity index (χ2n) is 2.95. The molecule has 0 bridgehead atoms. The quantitative estimate of drug-likeness (QED) is 0.753. The molecule has 0 fully saturated rings. The van der Waals surface area contributed by atoms with E-state index in [1.165, 1.54) is 0 Å². The molecule has 0 saturated heterocycles. The molecule has 0 atom stereocenters. The van der Waals surface area contributed by atoms with Crippen LogP contribution in [0, 0.1) is 6.92 Å². The molecular weight excluding hydrogens is 200 g/mol. The molecule has 5 heteroatoms. The lowest BCUT2D eigenvalue weighted by molar-refractivity contribution is 0.581. The third-order valence-electron chi connectivity index (χ3n) is 1.82. The van der Waals surface area contributed by atoms with Gasteiger partial charge in [-0.1, -0.05) is 18.2 Å². The third kappa shape index (κ3) is 2.54. The van der Waals surface area contributed by atoms with Gasteiger partial charge in [-0.15, -0.1) is 0 Å². The van der Waals surface area contributed by atoms with Crippen LogP contribution in [0.1, 0.15) is 5.56 Å². The van der Waals surface area contributed by atoms with Gasteiger partial charge in [-0.3, -0.25) is 0 Å². The molecule has 0 unspecified atom stereocenters. The topological polar surface area (TPSA) is 72.2 Å². The smallest absolute Gasteiger partial charge is 0.240 e. The van der Waals surface area contributed by atoms with Gasteiger partial charge < -0.3 is 5.73 Å². The van der Waals surface area contributed by atoms with Gasteiger partial charge >= 0.3 is 0 Å². The zero-order chi connectivity index (χ0) is 10.6. The van der Waals surface area contributed by atoms with Gasteiger partial charge in [0.1, 0.15) is 0 Å². The van der Waals surface area contributed by atoms with E-state index in [0.717, 1.165) is 5.56 Å². The molecule has 0 aliphatic heterocycles. The lowest BCUT2D eigenvalue weighted by atomic mass is 10.2. The van der Waals surface area contributed by atoms with E-state index in [4.69, 9.17) is 5.73 Å². The first kappa shape index (κ1) is 11.2. The Morgan fingerprint density at radius 3 is 2.57 bits per heavy atom. The lowest BCUT2D eigenvalue weighted by Gasteiger charge is -2.07. The average molecular weight is 214 g/mol. The summed E-state index contributed by atoms with van der Waals surface area (Å²) in [5.74, 6) is 0. The number of hydrogen-bond donors (Lipinski definition) is 2. The van der Waals surface area contributed by atoms with Crippen molar-refractivity contribution in [1.82, 2.24) is 4.72 Å². The average Bonchev–Trinajstić information content (AvgIpc) is 2.15. The van der Waals surface area contributed by atoms with Crippen molar-refractivity contribution in [2.24, 2.45) is 5.73 Å². The molecule has 3 N–H and O–H groups in total. The molecule has 0 amide bonds. The zero-order valence-corrected chi connectivity index (χ0v) is 8.84. The largest absolute Gasteiger partial charge is 0.329 e. The maximum Gasteiger partial charge on any atom is 0.240 e. The van der Waals surface area contributed by atoms with Crippen LogP contribution >= 0.6 is 0 Å². The highest BCUT2D eigenvalue weighted by molar-refractivity contribution is 7.89. The summed E-state index contributed by atoms with van der Waals surface area (Å²) in [7, 11) is -3.38. The van der Waals surface area contributed by atoms with E-state index in [2.05, 4.69) is 4.72 Å². The monoisotopic (exact) mass is 214 g/mol. The highest BCUT2D eigenvalue weighted by atomic mass is 32.2.